The molecule has 0 aromatic carbocycles. The molecule has 5 atom stereocenters. The quantitative estimate of drug-likeness (QED) is 0.528. The van der Waals surface area contributed by atoms with Crippen LogP contribution in [0.4, 0.5) is 0 Å². The summed E-state index contributed by atoms with van der Waals surface area (Å²) in [5.74, 6) is -0.0721. The average molecular weight is 473 g/mol. The van der Waals surface area contributed by atoms with Crippen molar-refractivity contribution in [3.63, 3.8) is 0 Å². The molecule has 0 spiro atoms. The normalized spacial score (nSPS) is 36.7. The van der Waals surface area contributed by atoms with Gasteiger partial charge in [-0.15, -0.1) is 0 Å². The van der Waals surface area contributed by atoms with Crippen molar-refractivity contribution in [3.05, 3.63) is 59.8 Å². The highest BCUT2D eigenvalue weighted by atomic mass is 16.7. The van der Waals surface area contributed by atoms with Gasteiger partial charge in [-0.3, -0.25) is 4.79 Å². The van der Waals surface area contributed by atoms with Gasteiger partial charge in [0.05, 0.1) is 24.4 Å². The Balaban J connectivity index is 2.08. The minimum Gasteiger partial charge on any atom is -0.391 e. The largest absolute Gasteiger partial charge is 0.391 e. The van der Waals surface area contributed by atoms with Crippen LogP contribution in [0.25, 0.3) is 0 Å². The van der Waals surface area contributed by atoms with Gasteiger partial charge < -0.3 is 25.2 Å². The third-order valence-corrected chi connectivity index (χ3v) is 6.19. The van der Waals surface area contributed by atoms with Crippen molar-refractivity contribution in [1.29, 1.82) is 0 Å². The summed E-state index contributed by atoms with van der Waals surface area (Å²) in [5.41, 5.74) is 2.62. The fourth-order valence-electron chi connectivity index (χ4n) is 4.31. The van der Waals surface area contributed by atoms with E-state index in [0.29, 0.717) is 19.4 Å². The molecule has 2 aliphatic heterocycles. The molecule has 1 fully saturated rings. The lowest BCUT2D eigenvalue weighted by atomic mass is 9.99. The first-order chi connectivity index (χ1) is 16.4. The van der Waals surface area contributed by atoms with E-state index in [2.05, 4.69) is 48.8 Å². The zero-order chi connectivity index (χ0) is 24.8. The van der Waals surface area contributed by atoms with Crippen molar-refractivity contribution in [2.45, 2.75) is 96.4 Å². The highest BCUT2D eigenvalue weighted by molar-refractivity contribution is 5.87. The number of ether oxygens (including phenoxy) is 2. The minimum absolute atomic E-state index is 0.0721. The van der Waals surface area contributed by atoms with Gasteiger partial charge in [-0.1, -0.05) is 53.7 Å². The molecule has 34 heavy (non-hydrogen) atoms. The Hall–Kier alpha value is -1.99. The van der Waals surface area contributed by atoms with E-state index in [-0.39, 0.29) is 24.2 Å². The molecule has 0 radical (unpaired) electrons. The summed E-state index contributed by atoms with van der Waals surface area (Å²) in [6.07, 6.45) is 20.6. The summed E-state index contributed by atoms with van der Waals surface area (Å²) in [4.78, 5) is 11.9. The number of likely N-dealkylation sites (N-methyl/N-ethyl adjacent to an activating group) is 1. The number of carbonyl (C=O) groups excluding carboxylic acids is 1. The highest BCUT2D eigenvalue weighted by Crippen LogP contribution is 2.24. The number of nitrogens with one attached hydrogen (secondary N) is 2. The highest BCUT2D eigenvalue weighted by Gasteiger charge is 2.35. The number of amides is 1. The van der Waals surface area contributed by atoms with E-state index in [9.17, 15) is 9.90 Å². The van der Waals surface area contributed by atoms with Gasteiger partial charge in [0, 0.05) is 19.0 Å². The third kappa shape index (κ3) is 11.0. The molecule has 0 aliphatic carbocycles. The van der Waals surface area contributed by atoms with Crippen LogP contribution < -0.4 is 10.6 Å². The lowest BCUT2D eigenvalue weighted by Crippen LogP contribution is -2.54. The maximum absolute atomic E-state index is 11.9. The fourth-order valence-corrected chi connectivity index (χ4v) is 4.31. The molecule has 0 bridgehead atoms. The summed E-state index contributed by atoms with van der Waals surface area (Å²) in [6.45, 7) is 6.96. The van der Waals surface area contributed by atoms with Crippen LogP contribution >= 0.6 is 0 Å². The lowest BCUT2D eigenvalue weighted by Gasteiger charge is -2.39. The van der Waals surface area contributed by atoms with Crippen LogP contribution in [0.5, 0.6) is 0 Å². The molecule has 3 N–H and O–H groups in total. The van der Waals surface area contributed by atoms with Gasteiger partial charge >= 0.3 is 0 Å². The summed E-state index contributed by atoms with van der Waals surface area (Å²) < 4.78 is 12.3. The average Bonchev–Trinajstić information content (AvgIpc) is 2.78. The standard InChI is InChI=1S/C28H44N2O4/c1-21-13-9-6-5-7-12-18-30-26(32)15-11-8-10-14-24(17-16-22(2)19-21)34-27-20-25(31)28(29-4)23(3)33-27/h6,8-11,13,15-16,23-25,27-29,31H,5,7,12,14,17-20H2,1-4H3,(H,30,32)/b9-6+,10-8+,15-11+,21-13+,22-16+/t23-,24+,25+,27+,28-/m1/s1. The van der Waals surface area contributed by atoms with Gasteiger partial charge in [-0.2, -0.15) is 0 Å². The zero-order valence-corrected chi connectivity index (χ0v) is 21.3. The summed E-state index contributed by atoms with van der Waals surface area (Å²) in [6, 6.07) is -0.0965. The van der Waals surface area contributed by atoms with E-state index in [1.54, 1.807) is 12.2 Å². The zero-order valence-electron chi connectivity index (χ0n) is 21.3. The Morgan fingerprint density at radius 2 is 1.94 bits per heavy atom. The van der Waals surface area contributed by atoms with Crippen LogP contribution in [0.15, 0.2) is 59.8 Å². The van der Waals surface area contributed by atoms with Crippen LogP contribution in [0, 0.1) is 0 Å². The minimum atomic E-state index is -0.513. The Morgan fingerprint density at radius 1 is 1.12 bits per heavy atom. The molecule has 2 aliphatic rings. The second kappa shape index (κ2) is 15.8. The van der Waals surface area contributed by atoms with Gasteiger partial charge in [0.25, 0.3) is 0 Å². The Bertz CT molecular complexity index is 756. The lowest BCUT2D eigenvalue weighted by molar-refractivity contribution is -0.236. The van der Waals surface area contributed by atoms with Crippen LogP contribution in [0.1, 0.15) is 65.7 Å². The summed E-state index contributed by atoms with van der Waals surface area (Å²) in [7, 11) is 1.84. The van der Waals surface area contributed by atoms with Crippen LogP contribution in [0.3, 0.4) is 0 Å². The van der Waals surface area contributed by atoms with E-state index in [1.807, 2.05) is 26.1 Å². The molecule has 2 rings (SSSR count). The maximum atomic E-state index is 11.9. The van der Waals surface area contributed by atoms with Gasteiger partial charge in [0.15, 0.2) is 6.29 Å². The van der Waals surface area contributed by atoms with E-state index in [4.69, 9.17) is 9.47 Å². The van der Waals surface area contributed by atoms with Crippen LogP contribution in [-0.2, 0) is 14.3 Å². The number of carbonyl (C=O) groups is 1. The van der Waals surface area contributed by atoms with Crippen molar-refractivity contribution in [2.75, 3.05) is 13.6 Å². The van der Waals surface area contributed by atoms with Gasteiger partial charge in [0.1, 0.15) is 0 Å². The van der Waals surface area contributed by atoms with E-state index < -0.39 is 12.4 Å². The van der Waals surface area contributed by atoms with Crippen LogP contribution in [0.2, 0.25) is 0 Å². The molecule has 6 nitrogen and oxygen atoms in total. The van der Waals surface area contributed by atoms with Crippen LogP contribution in [-0.4, -0.2) is 55.2 Å². The molecule has 0 aromatic rings. The van der Waals surface area contributed by atoms with E-state index >= 15 is 0 Å². The molecular weight excluding hydrogens is 428 g/mol. The molecule has 0 aromatic heterocycles. The van der Waals surface area contributed by atoms with Gasteiger partial charge in [-0.25, -0.2) is 0 Å². The van der Waals surface area contributed by atoms with Crippen molar-refractivity contribution in [2.24, 2.45) is 0 Å². The van der Waals surface area contributed by atoms with Crippen molar-refractivity contribution in [1.82, 2.24) is 10.6 Å². The Labute approximate surface area is 205 Å². The SMILES string of the molecule is CN[C@H]1[C@@H](O)C[C@H](O[C@H]2C/C=C/C=C/C(=O)NCCCC/C=C/C=C(\C)C/C(C)=C/C2)O[C@@H]1C. The first-order valence-electron chi connectivity index (χ1n) is 12.6. The first kappa shape index (κ1) is 28.2. The topological polar surface area (TPSA) is 79.8 Å². The second-order valence-corrected chi connectivity index (χ2v) is 9.36. The Morgan fingerprint density at radius 3 is 2.71 bits per heavy atom. The predicted molar refractivity (Wildman–Crippen MR) is 138 cm³/mol. The van der Waals surface area contributed by atoms with E-state index in [1.165, 1.54) is 11.1 Å². The Kier molecular flexibility index (Phi) is 13.1. The molecule has 1 amide bonds. The van der Waals surface area contributed by atoms with Gasteiger partial charge in [0.2, 0.25) is 5.91 Å². The molecule has 0 unspecified atom stereocenters. The summed E-state index contributed by atoms with van der Waals surface area (Å²) in [5, 5.41) is 16.5. The number of allylic oxidation sites excluding steroid dienone is 7. The molecule has 1 saturated heterocycles. The van der Waals surface area contributed by atoms with E-state index in [0.717, 1.165) is 32.1 Å². The molecule has 0 saturated carbocycles. The smallest absolute Gasteiger partial charge is 0.243 e. The maximum Gasteiger partial charge on any atom is 0.243 e. The molecule has 6 heteroatoms. The second-order valence-electron chi connectivity index (χ2n) is 9.36. The molecule has 190 valence electrons. The number of aliphatic hydroxyl groups excluding tert-OH is 1. The summed E-state index contributed by atoms with van der Waals surface area (Å²) >= 11 is 0. The van der Waals surface area contributed by atoms with Gasteiger partial charge in [-0.05, 0) is 66.3 Å². The number of rotatable bonds is 3. The molecular formula is C28H44N2O4. The fraction of sp³-hybridized carbons (Fsp3) is 0.607. The molecule has 2 heterocycles. The van der Waals surface area contributed by atoms with Crippen molar-refractivity contribution < 1.29 is 19.4 Å². The number of hydrogen-bond acceptors (Lipinski definition) is 5. The van der Waals surface area contributed by atoms with Crippen molar-refractivity contribution >= 4 is 5.91 Å². The first-order valence-corrected chi connectivity index (χ1v) is 12.6. The van der Waals surface area contributed by atoms with Crippen molar-refractivity contribution in [3.8, 4) is 0 Å². The predicted octanol–water partition coefficient (Wildman–Crippen LogP) is 4.49. The number of hydrogen-bond donors (Lipinski definition) is 3. The monoisotopic (exact) mass is 472 g/mol. The number of aliphatic hydroxyl groups is 1. The third-order valence-electron chi connectivity index (χ3n) is 6.19.